The van der Waals surface area contributed by atoms with Gasteiger partial charge in [0, 0.05) is 5.70 Å². The SMILES string of the molecule is COC(=O)C1=C(C(C)C)NC(=O)NC1c1cc(OC)c(OC)cc1[N+](=O)[O-]. The Morgan fingerprint density at radius 2 is 1.78 bits per heavy atom. The van der Waals surface area contributed by atoms with Gasteiger partial charge in [-0.25, -0.2) is 9.59 Å². The van der Waals surface area contributed by atoms with Crippen molar-refractivity contribution >= 4 is 17.7 Å². The van der Waals surface area contributed by atoms with Crippen molar-refractivity contribution in [1.82, 2.24) is 10.6 Å². The predicted molar refractivity (Wildman–Crippen MR) is 94.5 cm³/mol. The topological polar surface area (TPSA) is 129 Å². The number of nitro groups is 1. The first-order valence-electron chi connectivity index (χ1n) is 8.05. The standard InChI is InChI=1S/C17H21N3O7/c1-8(2)14-13(16(21)27-5)15(19-17(22)18-14)9-6-11(25-3)12(26-4)7-10(9)20(23)24/h6-8,15H,1-5H3,(H2,18,19,22). The number of amides is 2. The number of hydrogen-bond acceptors (Lipinski definition) is 7. The number of ether oxygens (including phenoxy) is 3. The van der Waals surface area contributed by atoms with E-state index in [-0.39, 0.29) is 34.2 Å². The van der Waals surface area contributed by atoms with E-state index in [4.69, 9.17) is 14.2 Å². The number of benzene rings is 1. The molecule has 1 aliphatic rings. The number of carbonyl (C=O) groups excluding carboxylic acids is 2. The fourth-order valence-corrected chi connectivity index (χ4v) is 2.88. The van der Waals surface area contributed by atoms with E-state index in [0.717, 1.165) is 0 Å². The first kappa shape index (κ1) is 20.0. The number of carbonyl (C=O) groups is 2. The van der Waals surface area contributed by atoms with Gasteiger partial charge in [-0.3, -0.25) is 10.1 Å². The van der Waals surface area contributed by atoms with Gasteiger partial charge in [0.25, 0.3) is 5.69 Å². The Morgan fingerprint density at radius 3 is 2.26 bits per heavy atom. The molecule has 0 aliphatic carbocycles. The summed E-state index contributed by atoms with van der Waals surface area (Å²) in [5.41, 5.74) is 0.164. The average Bonchev–Trinajstić information content (AvgIpc) is 2.65. The number of esters is 1. The van der Waals surface area contributed by atoms with Crippen molar-refractivity contribution < 1.29 is 28.7 Å². The third-order valence-corrected chi connectivity index (χ3v) is 4.13. The van der Waals surface area contributed by atoms with Crippen LogP contribution >= 0.6 is 0 Å². The van der Waals surface area contributed by atoms with Crippen LogP contribution in [0.25, 0.3) is 0 Å². The lowest BCUT2D eigenvalue weighted by atomic mass is 9.90. The molecule has 1 unspecified atom stereocenters. The average molecular weight is 379 g/mol. The zero-order valence-corrected chi connectivity index (χ0v) is 15.6. The van der Waals surface area contributed by atoms with Crippen molar-refractivity contribution in [3.8, 4) is 11.5 Å². The Hall–Kier alpha value is -3.30. The van der Waals surface area contributed by atoms with Crippen LogP contribution in [0.4, 0.5) is 10.5 Å². The molecule has 10 heteroatoms. The molecule has 0 aromatic heterocycles. The van der Waals surface area contributed by atoms with Gasteiger partial charge in [-0.05, 0) is 12.0 Å². The van der Waals surface area contributed by atoms with Crippen molar-refractivity contribution in [2.24, 2.45) is 5.92 Å². The number of allylic oxidation sites excluding steroid dienone is 1. The maximum Gasteiger partial charge on any atom is 0.337 e. The predicted octanol–water partition coefficient (Wildman–Crippen LogP) is 2.05. The van der Waals surface area contributed by atoms with E-state index in [2.05, 4.69) is 10.6 Å². The molecule has 27 heavy (non-hydrogen) atoms. The normalized spacial score (nSPS) is 16.5. The lowest BCUT2D eigenvalue weighted by molar-refractivity contribution is -0.385. The van der Waals surface area contributed by atoms with Crippen LogP contribution in [0.2, 0.25) is 0 Å². The Labute approximate surface area is 155 Å². The number of nitro benzene ring substituents is 1. The Morgan fingerprint density at radius 1 is 1.19 bits per heavy atom. The van der Waals surface area contributed by atoms with Crippen LogP contribution < -0.4 is 20.1 Å². The van der Waals surface area contributed by atoms with Crippen LogP contribution in [0, 0.1) is 16.0 Å². The van der Waals surface area contributed by atoms with Gasteiger partial charge in [-0.1, -0.05) is 13.8 Å². The van der Waals surface area contributed by atoms with Crippen LogP contribution in [0.15, 0.2) is 23.4 Å². The van der Waals surface area contributed by atoms with Gasteiger partial charge in [0.1, 0.15) is 0 Å². The highest BCUT2D eigenvalue weighted by atomic mass is 16.6. The third-order valence-electron chi connectivity index (χ3n) is 4.13. The molecular formula is C17H21N3O7. The molecule has 1 aromatic carbocycles. The number of nitrogens with one attached hydrogen (secondary N) is 2. The minimum Gasteiger partial charge on any atom is -0.493 e. The van der Waals surface area contributed by atoms with Crippen molar-refractivity contribution in [2.45, 2.75) is 19.9 Å². The van der Waals surface area contributed by atoms with E-state index in [1.54, 1.807) is 13.8 Å². The summed E-state index contributed by atoms with van der Waals surface area (Å²) in [6.07, 6.45) is 0. The van der Waals surface area contributed by atoms with Crippen molar-refractivity contribution in [3.05, 3.63) is 39.1 Å². The highest BCUT2D eigenvalue weighted by molar-refractivity contribution is 5.95. The molecule has 1 aromatic rings. The Kier molecular flexibility index (Phi) is 5.88. The molecule has 0 radical (unpaired) electrons. The van der Waals surface area contributed by atoms with Gasteiger partial charge < -0.3 is 24.8 Å². The fraction of sp³-hybridized carbons (Fsp3) is 0.412. The number of methoxy groups -OCH3 is 3. The highest BCUT2D eigenvalue weighted by Crippen LogP contribution is 2.41. The summed E-state index contributed by atoms with van der Waals surface area (Å²) in [6, 6.07) is 0.879. The Bertz CT molecular complexity index is 817. The summed E-state index contributed by atoms with van der Waals surface area (Å²) >= 11 is 0. The molecule has 2 rings (SSSR count). The fourth-order valence-electron chi connectivity index (χ4n) is 2.88. The number of urea groups is 1. The van der Waals surface area contributed by atoms with Gasteiger partial charge in [0.2, 0.25) is 0 Å². The molecule has 10 nitrogen and oxygen atoms in total. The largest absolute Gasteiger partial charge is 0.493 e. The number of nitrogens with zero attached hydrogens (tertiary/aromatic N) is 1. The van der Waals surface area contributed by atoms with Gasteiger partial charge >= 0.3 is 12.0 Å². The van der Waals surface area contributed by atoms with E-state index >= 15 is 0 Å². The summed E-state index contributed by atoms with van der Waals surface area (Å²) in [5.74, 6) is -0.561. The Balaban J connectivity index is 2.79. The minimum atomic E-state index is -1.09. The molecule has 1 aliphatic heterocycles. The zero-order chi connectivity index (χ0) is 20.3. The number of rotatable bonds is 6. The van der Waals surface area contributed by atoms with Crippen LogP contribution in [0.5, 0.6) is 11.5 Å². The summed E-state index contributed by atoms with van der Waals surface area (Å²) < 4.78 is 15.2. The van der Waals surface area contributed by atoms with Crippen molar-refractivity contribution in [3.63, 3.8) is 0 Å². The van der Waals surface area contributed by atoms with Crippen LogP contribution in [-0.4, -0.2) is 38.3 Å². The minimum absolute atomic E-state index is 0.0750. The van der Waals surface area contributed by atoms with Crippen LogP contribution in [-0.2, 0) is 9.53 Å². The molecule has 0 bridgehead atoms. The van der Waals surface area contributed by atoms with E-state index < -0.39 is 23.0 Å². The number of hydrogen-bond donors (Lipinski definition) is 2. The van der Waals surface area contributed by atoms with Gasteiger partial charge in [0.15, 0.2) is 11.5 Å². The second-order valence-corrected chi connectivity index (χ2v) is 6.03. The molecule has 1 atom stereocenters. The van der Waals surface area contributed by atoms with E-state index in [9.17, 15) is 19.7 Å². The lowest BCUT2D eigenvalue weighted by Gasteiger charge is -2.30. The van der Waals surface area contributed by atoms with Crippen LogP contribution in [0.1, 0.15) is 25.5 Å². The highest BCUT2D eigenvalue weighted by Gasteiger charge is 2.38. The molecule has 0 spiro atoms. The molecular weight excluding hydrogens is 358 g/mol. The molecule has 2 N–H and O–H groups in total. The first-order chi connectivity index (χ1) is 12.7. The smallest absolute Gasteiger partial charge is 0.337 e. The molecule has 2 amide bonds. The monoisotopic (exact) mass is 379 g/mol. The van der Waals surface area contributed by atoms with Gasteiger partial charge in [-0.15, -0.1) is 0 Å². The van der Waals surface area contributed by atoms with E-state index in [0.29, 0.717) is 5.70 Å². The van der Waals surface area contributed by atoms with Gasteiger partial charge in [0.05, 0.1) is 49.5 Å². The van der Waals surface area contributed by atoms with Crippen molar-refractivity contribution in [1.29, 1.82) is 0 Å². The second-order valence-electron chi connectivity index (χ2n) is 6.03. The molecule has 146 valence electrons. The maximum atomic E-state index is 12.4. The third kappa shape index (κ3) is 3.78. The second kappa shape index (κ2) is 7.94. The molecule has 0 saturated heterocycles. The quantitative estimate of drug-likeness (QED) is 0.439. The summed E-state index contributed by atoms with van der Waals surface area (Å²) in [4.78, 5) is 35.6. The maximum absolute atomic E-state index is 12.4. The molecule has 0 saturated carbocycles. The van der Waals surface area contributed by atoms with E-state index in [1.165, 1.54) is 33.5 Å². The van der Waals surface area contributed by atoms with Crippen LogP contribution in [0.3, 0.4) is 0 Å². The summed E-state index contributed by atoms with van der Waals surface area (Å²) in [6.45, 7) is 3.56. The van der Waals surface area contributed by atoms with Gasteiger partial charge in [-0.2, -0.15) is 0 Å². The summed E-state index contributed by atoms with van der Waals surface area (Å²) in [5, 5.41) is 16.8. The van der Waals surface area contributed by atoms with E-state index in [1.807, 2.05) is 0 Å². The zero-order valence-electron chi connectivity index (χ0n) is 15.6. The molecule has 1 heterocycles. The lowest BCUT2D eigenvalue weighted by Crippen LogP contribution is -2.47. The first-order valence-corrected chi connectivity index (χ1v) is 8.05. The summed E-state index contributed by atoms with van der Waals surface area (Å²) in [7, 11) is 3.93. The molecule has 0 fully saturated rings. The van der Waals surface area contributed by atoms with Crippen molar-refractivity contribution in [2.75, 3.05) is 21.3 Å².